The van der Waals surface area contributed by atoms with Gasteiger partial charge in [-0.3, -0.25) is 4.79 Å². The third kappa shape index (κ3) is 4.46. The molecule has 1 fully saturated rings. The van der Waals surface area contributed by atoms with E-state index in [4.69, 9.17) is 4.74 Å². The fourth-order valence-electron chi connectivity index (χ4n) is 3.46. The van der Waals surface area contributed by atoms with E-state index in [-0.39, 0.29) is 11.7 Å². The van der Waals surface area contributed by atoms with E-state index in [0.717, 1.165) is 28.9 Å². The number of pyridine rings is 1. The Morgan fingerprint density at radius 3 is 2.77 bits per heavy atom. The quantitative estimate of drug-likeness (QED) is 0.611. The van der Waals surface area contributed by atoms with E-state index in [1.54, 1.807) is 30.7 Å². The standard InChI is InChI=1S/C23H26N4O3/c1-25(2)9-3-4-23(29)26-12-17(13-26)15-30-22-10-19(14-27-16-24-11-21(22)27)18-5-7-20(28)8-6-18/h3-8,10-11,14,16-17,28H,9,12-13,15H2,1-2H3/b4-3+. The van der Waals surface area contributed by atoms with Gasteiger partial charge in [-0.2, -0.15) is 0 Å². The van der Waals surface area contributed by atoms with E-state index in [1.165, 1.54) is 0 Å². The third-order valence-corrected chi connectivity index (χ3v) is 5.16. The molecule has 30 heavy (non-hydrogen) atoms. The van der Waals surface area contributed by atoms with Gasteiger partial charge >= 0.3 is 0 Å². The molecule has 7 nitrogen and oxygen atoms in total. The highest BCUT2D eigenvalue weighted by Gasteiger charge is 2.30. The summed E-state index contributed by atoms with van der Waals surface area (Å²) in [5.74, 6) is 1.37. The zero-order chi connectivity index (χ0) is 21.1. The van der Waals surface area contributed by atoms with Crippen molar-refractivity contribution in [2.45, 2.75) is 0 Å². The molecule has 0 radical (unpaired) electrons. The van der Waals surface area contributed by atoms with Crippen molar-refractivity contribution in [2.75, 3.05) is 40.3 Å². The molecule has 1 aromatic carbocycles. The minimum absolute atomic E-state index is 0.0561. The summed E-state index contributed by atoms with van der Waals surface area (Å²) >= 11 is 0. The molecule has 1 N–H and O–H groups in total. The van der Waals surface area contributed by atoms with Crippen LogP contribution in [0.4, 0.5) is 0 Å². The minimum Gasteiger partial charge on any atom is -0.508 e. The van der Waals surface area contributed by atoms with E-state index >= 15 is 0 Å². The molecule has 0 spiro atoms. The Balaban J connectivity index is 1.39. The highest BCUT2D eigenvalue weighted by molar-refractivity contribution is 5.88. The van der Waals surface area contributed by atoms with E-state index in [9.17, 15) is 9.90 Å². The molecule has 0 bridgehead atoms. The van der Waals surface area contributed by atoms with Crippen LogP contribution in [0.2, 0.25) is 0 Å². The first-order valence-corrected chi connectivity index (χ1v) is 9.97. The largest absolute Gasteiger partial charge is 0.508 e. The van der Waals surface area contributed by atoms with E-state index in [2.05, 4.69) is 4.98 Å². The van der Waals surface area contributed by atoms with Crippen molar-refractivity contribution >= 4 is 11.4 Å². The normalized spacial score (nSPS) is 14.6. The molecule has 1 saturated heterocycles. The first-order valence-electron chi connectivity index (χ1n) is 9.97. The van der Waals surface area contributed by atoms with Gasteiger partial charge in [0.15, 0.2) is 0 Å². The number of amides is 1. The van der Waals surface area contributed by atoms with Gasteiger partial charge in [0, 0.05) is 43.4 Å². The fraction of sp³-hybridized carbons (Fsp3) is 0.304. The Bertz CT molecular complexity index is 1050. The minimum atomic E-state index is 0.0561. The summed E-state index contributed by atoms with van der Waals surface area (Å²) in [6.45, 7) is 2.71. The molecular weight excluding hydrogens is 380 g/mol. The third-order valence-electron chi connectivity index (χ3n) is 5.16. The van der Waals surface area contributed by atoms with Gasteiger partial charge in [0.2, 0.25) is 5.91 Å². The lowest BCUT2D eigenvalue weighted by molar-refractivity contribution is -0.132. The molecule has 0 unspecified atom stereocenters. The smallest absolute Gasteiger partial charge is 0.246 e. The second kappa shape index (κ2) is 8.59. The van der Waals surface area contributed by atoms with E-state index in [0.29, 0.717) is 25.6 Å². The summed E-state index contributed by atoms with van der Waals surface area (Å²) in [5, 5.41) is 9.53. The predicted octanol–water partition coefficient (Wildman–Crippen LogP) is 2.66. The maximum Gasteiger partial charge on any atom is 0.246 e. The molecule has 3 heterocycles. The highest BCUT2D eigenvalue weighted by atomic mass is 16.5. The van der Waals surface area contributed by atoms with Crippen molar-refractivity contribution < 1.29 is 14.6 Å². The van der Waals surface area contributed by atoms with Crippen LogP contribution in [0.15, 0.2) is 61.2 Å². The first-order chi connectivity index (χ1) is 14.5. The van der Waals surface area contributed by atoms with Crippen molar-refractivity contribution in [3.63, 3.8) is 0 Å². The van der Waals surface area contributed by atoms with Gasteiger partial charge in [0.05, 0.1) is 19.1 Å². The summed E-state index contributed by atoms with van der Waals surface area (Å²) in [4.78, 5) is 20.2. The lowest BCUT2D eigenvalue weighted by Gasteiger charge is -2.38. The van der Waals surface area contributed by atoms with Crippen LogP contribution in [0.1, 0.15) is 0 Å². The monoisotopic (exact) mass is 406 g/mol. The molecule has 4 rings (SSSR count). The Hall–Kier alpha value is -3.32. The van der Waals surface area contributed by atoms with Crippen molar-refractivity contribution in [1.29, 1.82) is 0 Å². The summed E-state index contributed by atoms with van der Waals surface area (Å²) in [6, 6.07) is 9.07. The number of benzene rings is 1. The molecule has 1 amide bonds. The number of ether oxygens (including phenoxy) is 1. The Kier molecular flexibility index (Phi) is 5.72. The molecule has 156 valence electrons. The van der Waals surface area contributed by atoms with Crippen molar-refractivity contribution in [2.24, 2.45) is 5.92 Å². The molecule has 1 aliphatic rings. The number of likely N-dealkylation sites (N-methyl/N-ethyl adjacent to an activating group) is 1. The molecule has 3 aromatic rings. The topological polar surface area (TPSA) is 70.3 Å². The van der Waals surface area contributed by atoms with Gasteiger partial charge in [0.25, 0.3) is 0 Å². The van der Waals surface area contributed by atoms with Crippen molar-refractivity contribution in [3.8, 4) is 22.6 Å². The predicted molar refractivity (Wildman–Crippen MR) is 116 cm³/mol. The van der Waals surface area contributed by atoms with Gasteiger partial charge in [-0.15, -0.1) is 0 Å². The number of carbonyl (C=O) groups excluding carboxylic acids is 1. The van der Waals surface area contributed by atoms with Crippen LogP contribution in [0.3, 0.4) is 0 Å². The van der Waals surface area contributed by atoms with E-state index < -0.39 is 0 Å². The molecule has 0 saturated carbocycles. The van der Waals surface area contributed by atoms with Crippen LogP contribution in [0.25, 0.3) is 16.6 Å². The lowest BCUT2D eigenvalue weighted by Crippen LogP contribution is -2.51. The summed E-state index contributed by atoms with van der Waals surface area (Å²) < 4.78 is 8.07. The zero-order valence-corrected chi connectivity index (χ0v) is 17.2. The first kappa shape index (κ1) is 20.0. The number of nitrogens with zero attached hydrogens (tertiary/aromatic N) is 4. The Labute approximate surface area is 175 Å². The molecule has 1 aliphatic heterocycles. The van der Waals surface area contributed by atoms with Crippen LogP contribution in [-0.4, -0.2) is 70.5 Å². The second-order valence-electron chi connectivity index (χ2n) is 7.91. The maximum absolute atomic E-state index is 12.1. The number of fused-ring (bicyclic) bond motifs is 1. The number of rotatable bonds is 7. The van der Waals surface area contributed by atoms with Crippen molar-refractivity contribution in [1.82, 2.24) is 19.2 Å². The maximum atomic E-state index is 12.1. The van der Waals surface area contributed by atoms with Crippen molar-refractivity contribution in [3.05, 3.63) is 61.2 Å². The van der Waals surface area contributed by atoms with Crippen LogP contribution in [0, 0.1) is 5.92 Å². The average molecular weight is 406 g/mol. The zero-order valence-electron chi connectivity index (χ0n) is 17.2. The number of hydrogen-bond donors (Lipinski definition) is 1. The number of likely N-dealkylation sites (tertiary alicyclic amines) is 1. The molecule has 7 heteroatoms. The number of imidazole rings is 1. The van der Waals surface area contributed by atoms with Crippen LogP contribution in [0.5, 0.6) is 11.5 Å². The van der Waals surface area contributed by atoms with E-state index in [1.807, 2.05) is 58.8 Å². The Morgan fingerprint density at radius 1 is 1.27 bits per heavy atom. The lowest BCUT2D eigenvalue weighted by atomic mass is 10.0. The highest BCUT2D eigenvalue weighted by Crippen LogP contribution is 2.30. The SMILES string of the molecule is CN(C)C/C=C/C(=O)N1CC(COc2cc(-c3ccc(O)cc3)cn3cncc23)C1. The summed E-state index contributed by atoms with van der Waals surface area (Å²) in [6.07, 6.45) is 9.05. The van der Waals surface area contributed by atoms with Gasteiger partial charge in [0.1, 0.15) is 17.0 Å². The number of hydrogen-bond acceptors (Lipinski definition) is 5. The van der Waals surface area contributed by atoms with Gasteiger partial charge in [-0.1, -0.05) is 18.2 Å². The molecule has 0 aliphatic carbocycles. The number of aromatic nitrogens is 2. The number of carbonyl (C=O) groups is 1. The summed E-state index contributed by atoms with van der Waals surface area (Å²) in [5.41, 5.74) is 2.86. The molecule has 2 aromatic heterocycles. The number of aromatic hydroxyl groups is 1. The average Bonchev–Trinajstić information content (AvgIpc) is 3.15. The van der Waals surface area contributed by atoms with Crippen LogP contribution >= 0.6 is 0 Å². The van der Waals surface area contributed by atoms with Gasteiger partial charge in [-0.25, -0.2) is 4.98 Å². The van der Waals surface area contributed by atoms with Crippen LogP contribution in [-0.2, 0) is 4.79 Å². The molecule has 0 atom stereocenters. The van der Waals surface area contributed by atoms with Crippen LogP contribution < -0.4 is 4.74 Å². The number of phenols is 1. The number of phenolic OH excluding ortho intramolecular Hbond substituents is 1. The summed E-state index contributed by atoms with van der Waals surface area (Å²) in [7, 11) is 3.94. The molecular formula is C23H26N4O3. The van der Waals surface area contributed by atoms with Gasteiger partial charge in [-0.05, 0) is 37.9 Å². The second-order valence-corrected chi connectivity index (χ2v) is 7.91. The Morgan fingerprint density at radius 2 is 2.03 bits per heavy atom. The fourth-order valence-corrected chi connectivity index (χ4v) is 3.46. The van der Waals surface area contributed by atoms with Gasteiger partial charge < -0.3 is 24.0 Å².